The summed E-state index contributed by atoms with van der Waals surface area (Å²) < 4.78 is 1.18. The van der Waals surface area contributed by atoms with Crippen LogP contribution in [0.15, 0.2) is 53.4 Å². The molecule has 0 bridgehead atoms. The van der Waals surface area contributed by atoms with Gasteiger partial charge in [0.05, 0.1) is 28.4 Å². The van der Waals surface area contributed by atoms with Crippen LogP contribution in [0, 0.1) is 12.3 Å². The van der Waals surface area contributed by atoms with Gasteiger partial charge in [-0.25, -0.2) is 14.8 Å². The van der Waals surface area contributed by atoms with Crippen LogP contribution in [0.5, 0.6) is 0 Å². The summed E-state index contributed by atoms with van der Waals surface area (Å²) >= 11 is 2.95. The number of carbonyl (C=O) groups is 1. The lowest BCUT2D eigenvalue weighted by atomic mass is 10.0. The Hall–Kier alpha value is -3.45. The van der Waals surface area contributed by atoms with Crippen LogP contribution < -0.4 is 10.2 Å². The molecular weight excluding hydrogens is 454 g/mol. The number of nitrogens with one attached hydrogen (secondary N) is 1. The molecular formula is C24H21N5O2S2. The molecule has 33 heavy (non-hydrogen) atoms. The van der Waals surface area contributed by atoms with Crippen molar-refractivity contribution >= 4 is 50.4 Å². The van der Waals surface area contributed by atoms with Gasteiger partial charge < -0.3 is 14.9 Å². The Kier molecular flexibility index (Phi) is 5.96. The first-order chi connectivity index (χ1) is 16.2. The first-order valence-electron chi connectivity index (χ1n) is 10.4. The third-order valence-corrected chi connectivity index (χ3v) is 7.37. The maximum Gasteiger partial charge on any atom is 0.323 e. The van der Waals surface area contributed by atoms with Crippen molar-refractivity contribution in [2.75, 3.05) is 36.5 Å². The number of aromatic nitrogens is 2. The van der Waals surface area contributed by atoms with Crippen LogP contribution in [-0.2, 0) is 0 Å². The van der Waals surface area contributed by atoms with E-state index in [1.54, 1.807) is 21.6 Å². The molecule has 7 nitrogen and oxygen atoms in total. The van der Waals surface area contributed by atoms with Gasteiger partial charge in [-0.15, -0.1) is 29.1 Å². The van der Waals surface area contributed by atoms with Gasteiger partial charge in [0.25, 0.3) is 0 Å². The molecule has 0 saturated carbocycles. The molecule has 0 spiro atoms. The van der Waals surface area contributed by atoms with Crippen LogP contribution in [0.4, 0.5) is 16.3 Å². The molecule has 0 radical (unpaired) electrons. The Labute approximate surface area is 199 Å². The molecule has 4 aromatic rings. The number of hydrogen-bond donors (Lipinski definition) is 2. The SMILES string of the molecule is C#Cc1nc(NC(=O)N2CCN(c3ccc(-c4cccc5ncsc45)cc3)C[C@@H]2CO)cs1. The lowest BCUT2D eigenvalue weighted by Crippen LogP contribution is -2.57. The second-order valence-electron chi connectivity index (χ2n) is 7.64. The zero-order valence-corrected chi connectivity index (χ0v) is 19.3. The van der Waals surface area contributed by atoms with E-state index in [2.05, 4.69) is 56.4 Å². The summed E-state index contributed by atoms with van der Waals surface area (Å²) in [5.41, 5.74) is 6.25. The maximum atomic E-state index is 12.8. The molecule has 166 valence electrons. The summed E-state index contributed by atoms with van der Waals surface area (Å²) in [6.07, 6.45) is 5.35. The van der Waals surface area contributed by atoms with Gasteiger partial charge >= 0.3 is 6.03 Å². The second kappa shape index (κ2) is 9.19. The number of amides is 2. The average Bonchev–Trinajstić information content (AvgIpc) is 3.53. The van der Waals surface area contributed by atoms with Gasteiger partial charge in [-0.1, -0.05) is 24.3 Å². The quantitative estimate of drug-likeness (QED) is 0.434. The number of aliphatic hydroxyl groups excluding tert-OH is 1. The van der Waals surface area contributed by atoms with Gasteiger partial charge in [0.2, 0.25) is 0 Å². The molecule has 3 heterocycles. The molecule has 1 aliphatic rings. The van der Waals surface area contributed by atoms with Crippen molar-refractivity contribution in [2.24, 2.45) is 0 Å². The van der Waals surface area contributed by atoms with Crippen LogP contribution in [0.25, 0.3) is 21.3 Å². The van der Waals surface area contributed by atoms with E-state index < -0.39 is 0 Å². The Morgan fingerprint density at radius 1 is 1.21 bits per heavy atom. The third kappa shape index (κ3) is 4.28. The zero-order chi connectivity index (χ0) is 22.8. The van der Waals surface area contributed by atoms with E-state index in [1.807, 2.05) is 17.6 Å². The summed E-state index contributed by atoms with van der Waals surface area (Å²) in [6, 6.07) is 14.0. The Morgan fingerprint density at radius 3 is 2.82 bits per heavy atom. The van der Waals surface area contributed by atoms with Crippen molar-refractivity contribution in [3.8, 4) is 23.5 Å². The largest absolute Gasteiger partial charge is 0.394 e. The summed E-state index contributed by atoms with van der Waals surface area (Å²) in [5.74, 6) is 2.89. The standard InChI is InChI=1S/C24H21N5O2S2/c1-2-22-26-21(14-32-22)27-24(31)29-11-10-28(12-18(29)13-30)17-8-6-16(7-9-17)19-4-3-5-20-23(19)33-15-25-20/h1,3-9,14-15,18,30H,10-13H2,(H,27,31)/t18-/m1/s1. The van der Waals surface area contributed by atoms with Gasteiger partial charge in [0, 0.05) is 36.3 Å². The molecule has 1 aliphatic heterocycles. The Bertz CT molecular complexity index is 1320. The molecule has 1 saturated heterocycles. The summed E-state index contributed by atoms with van der Waals surface area (Å²) in [7, 11) is 0. The molecule has 9 heteroatoms. The van der Waals surface area contributed by atoms with Crippen LogP contribution in [0.2, 0.25) is 0 Å². The molecule has 1 fully saturated rings. The monoisotopic (exact) mass is 475 g/mol. The van der Waals surface area contributed by atoms with Crippen molar-refractivity contribution in [3.63, 3.8) is 0 Å². The van der Waals surface area contributed by atoms with Crippen LogP contribution >= 0.6 is 22.7 Å². The van der Waals surface area contributed by atoms with E-state index in [0.29, 0.717) is 30.5 Å². The van der Waals surface area contributed by atoms with E-state index in [-0.39, 0.29) is 18.7 Å². The van der Waals surface area contributed by atoms with Crippen molar-refractivity contribution in [1.82, 2.24) is 14.9 Å². The number of thiazole rings is 2. The van der Waals surface area contributed by atoms with Crippen LogP contribution in [-0.4, -0.2) is 58.3 Å². The van der Waals surface area contributed by atoms with Gasteiger partial charge in [-0.3, -0.25) is 5.32 Å². The normalized spacial score (nSPS) is 16.1. The number of fused-ring (bicyclic) bond motifs is 1. The van der Waals surface area contributed by atoms with E-state index in [1.165, 1.54) is 21.6 Å². The van der Waals surface area contributed by atoms with Crippen molar-refractivity contribution in [3.05, 3.63) is 58.4 Å². The highest BCUT2D eigenvalue weighted by molar-refractivity contribution is 7.17. The summed E-state index contributed by atoms with van der Waals surface area (Å²) in [4.78, 5) is 25.2. The van der Waals surface area contributed by atoms with Crippen molar-refractivity contribution in [2.45, 2.75) is 6.04 Å². The first-order valence-corrected chi connectivity index (χ1v) is 12.2. The number of carbonyl (C=O) groups excluding carboxylic acids is 1. The Balaban J connectivity index is 1.28. The fourth-order valence-corrected chi connectivity index (χ4v) is 5.44. The van der Waals surface area contributed by atoms with Crippen molar-refractivity contribution in [1.29, 1.82) is 0 Å². The fraction of sp³-hybridized carbons (Fsp3) is 0.208. The molecule has 2 aromatic carbocycles. The number of benzene rings is 2. The zero-order valence-electron chi connectivity index (χ0n) is 17.6. The summed E-state index contributed by atoms with van der Waals surface area (Å²) in [5, 5.41) is 15.0. The minimum Gasteiger partial charge on any atom is -0.394 e. The van der Waals surface area contributed by atoms with Gasteiger partial charge in [0.15, 0.2) is 5.01 Å². The Morgan fingerprint density at radius 2 is 2.06 bits per heavy atom. The molecule has 1 atom stereocenters. The molecule has 2 aromatic heterocycles. The van der Waals surface area contributed by atoms with E-state index in [9.17, 15) is 9.90 Å². The number of nitrogens with zero attached hydrogens (tertiary/aromatic N) is 4. The van der Waals surface area contributed by atoms with Gasteiger partial charge in [-0.05, 0) is 29.7 Å². The topological polar surface area (TPSA) is 81.6 Å². The van der Waals surface area contributed by atoms with Crippen LogP contribution in [0.3, 0.4) is 0 Å². The van der Waals surface area contributed by atoms with Gasteiger partial charge in [-0.2, -0.15) is 0 Å². The number of terminal acetylenes is 1. The van der Waals surface area contributed by atoms with Crippen LogP contribution in [0.1, 0.15) is 5.01 Å². The number of anilines is 2. The average molecular weight is 476 g/mol. The molecule has 5 rings (SSSR count). The minimum absolute atomic E-state index is 0.123. The lowest BCUT2D eigenvalue weighted by Gasteiger charge is -2.41. The van der Waals surface area contributed by atoms with Gasteiger partial charge in [0.1, 0.15) is 5.82 Å². The van der Waals surface area contributed by atoms with Crippen molar-refractivity contribution < 1.29 is 9.90 Å². The number of rotatable bonds is 4. The number of hydrogen-bond acceptors (Lipinski definition) is 7. The molecule has 2 amide bonds. The third-order valence-electron chi connectivity index (χ3n) is 5.72. The van der Waals surface area contributed by atoms with E-state index in [4.69, 9.17) is 6.42 Å². The highest BCUT2D eigenvalue weighted by Crippen LogP contribution is 2.32. The number of urea groups is 1. The highest BCUT2D eigenvalue weighted by atomic mass is 32.1. The summed E-state index contributed by atoms with van der Waals surface area (Å²) in [6.45, 7) is 1.58. The number of aliphatic hydroxyl groups is 1. The lowest BCUT2D eigenvalue weighted by molar-refractivity contribution is 0.132. The predicted octanol–water partition coefficient (Wildman–Crippen LogP) is 4.12. The number of piperazine rings is 1. The maximum absolute atomic E-state index is 12.8. The predicted molar refractivity (Wildman–Crippen MR) is 134 cm³/mol. The smallest absolute Gasteiger partial charge is 0.323 e. The van der Waals surface area contributed by atoms with E-state index >= 15 is 0 Å². The molecule has 0 aliphatic carbocycles. The molecule has 2 N–H and O–H groups in total. The highest BCUT2D eigenvalue weighted by Gasteiger charge is 2.30. The fourth-order valence-electron chi connectivity index (χ4n) is 4.06. The minimum atomic E-state index is -0.324. The van der Waals surface area contributed by atoms with E-state index in [0.717, 1.165) is 16.8 Å². The first kappa shape index (κ1) is 21.4. The second-order valence-corrected chi connectivity index (χ2v) is 9.35. The molecule has 0 unspecified atom stereocenters.